The number of rotatable bonds is 4. The van der Waals surface area contributed by atoms with Crippen LogP contribution in [0.25, 0.3) is 0 Å². The Bertz CT molecular complexity index is 370. The van der Waals surface area contributed by atoms with Crippen molar-refractivity contribution in [3.05, 3.63) is 0 Å². The molecular formula is C16H30N4O. The molecule has 0 aromatic rings. The summed E-state index contributed by atoms with van der Waals surface area (Å²) in [7, 11) is 4.23. The summed E-state index contributed by atoms with van der Waals surface area (Å²) in [6.45, 7) is 8.36. The number of likely N-dealkylation sites (N-methyl/N-ethyl adjacent to an activating group) is 1. The highest BCUT2D eigenvalue weighted by atomic mass is 16.2. The van der Waals surface area contributed by atoms with Crippen LogP contribution in [0.1, 0.15) is 19.3 Å². The van der Waals surface area contributed by atoms with E-state index in [9.17, 15) is 4.79 Å². The van der Waals surface area contributed by atoms with E-state index in [2.05, 4.69) is 34.1 Å². The zero-order valence-electron chi connectivity index (χ0n) is 13.6. The second kappa shape index (κ2) is 6.23. The predicted molar refractivity (Wildman–Crippen MR) is 84.2 cm³/mol. The molecule has 0 bridgehead atoms. The number of hydrogen-bond donors (Lipinski definition) is 1. The molecule has 5 nitrogen and oxygen atoms in total. The van der Waals surface area contributed by atoms with E-state index in [1.165, 1.54) is 12.8 Å². The third-order valence-electron chi connectivity index (χ3n) is 5.63. The number of amides is 1. The highest BCUT2D eigenvalue weighted by Crippen LogP contribution is 2.59. The largest absolute Gasteiger partial charge is 0.340 e. The van der Waals surface area contributed by atoms with Crippen LogP contribution in [-0.2, 0) is 4.79 Å². The summed E-state index contributed by atoms with van der Waals surface area (Å²) in [4.78, 5) is 19.5. The molecule has 0 aromatic heterocycles. The standard InChI is InChI=1S/C16H30N4O/c1-18(2)7-8-19-9-11-20(12-10-19)15(21)14-13-16(14)3-5-17-6-4-16/h14,17H,3-13H2,1-2H3. The van der Waals surface area contributed by atoms with Crippen molar-refractivity contribution < 1.29 is 4.79 Å². The van der Waals surface area contributed by atoms with Gasteiger partial charge in [-0.05, 0) is 51.9 Å². The van der Waals surface area contributed by atoms with Gasteiger partial charge in [0, 0.05) is 45.2 Å². The SMILES string of the molecule is CN(C)CCN1CCN(C(=O)C2CC23CCNCC3)CC1. The normalized spacial score (nSPS) is 29.1. The summed E-state index contributed by atoms with van der Waals surface area (Å²) in [5.74, 6) is 0.789. The first-order chi connectivity index (χ1) is 10.1. The Kier molecular flexibility index (Phi) is 4.52. The number of carbonyl (C=O) groups excluding carboxylic acids is 1. The Labute approximate surface area is 128 Å². The van der Waals surface area contributed by atoms with E-state index in [1.54, 1.807) is 0 Å². The Morgan fingerprint density at radius 1 is 1.19 bits per heavy atom. The van der Waals surface area contributed by atoms with Crippen LogP contribution in [0, 0.1) is 11.3 Å². The Morgan fingerprint density at radius 2 is 1.86 bits per heavy atom. The molecule has 3 aliphatic rings. The van der Waals surface area contributed by atoms with Crippen LogP contribution >= 0.6 is 0 Å². The number of carbonyl (C=O) groups is 1. The molecule has 120 valence electrons. The molecule has 21 heavy (non-hydrogen) atoms. The van der Waals surface area contributed by atoms with E-state index < -0.39 is 0 Å². The minimum Gasteiger partial charge on any atom is -0.340 e. The zero-order chi connectivity index (χ0) is 14.9. The molecule has 1 N–H and O–H groups in total. The maximum atomic E-state index is 12.7. The second-order valence-electron chi connectivity index (χ2n) is 7.34. The maximum Gasteiger partial charge on any atom is 0.226 e. The summed E-state index contributed by atoms with van der Waals surface area (Å²) < 4.78 is 0. The van der Waals surface area contributed by atoms with E-state index in [0.717, 1.165) is 58.8 Å². The fourth-order valence-corrected chi connectivity index (χ4v) is 3.93. The molecule has 2 aliphatic heterocycles. The van der Waals surface area contributed by atoms with Crippen molar-refractivity contribution in [1.82, 2.24) is 20.0 Å². The zero-order valence-corrected chi connectivity index (χ0v) is 13.6. The summed E-state index contributed by atoms with van der Waals surface area (Å²) in [6.07, 6.45) is 3.55. The van der Waals surface area contributed by atoms with Crippen LogP contribution in [0.15, 0.2) is 0 Å². The van der Waals surface area contributed by atoms with Crippen molar-refractivity contribution in [3.63, 3.8) is 0 Å². The third kappa shape index (κ3) is 3.41. The number of piperazine rings is 1. The Balaban J connectivity index is 1.43. The quantitative estimate of drug-likeness (QED) is 0.797. The Hall–Kier alpha value is -0.650. The Morgan fingerprint density at radius 3 is 2.48 bits per heavy atom. The van der Waals surface area contributed by atoms with Crippen molar-refractivity contribution in [2.75, 3.05) is 66.5 Å². The predicted octanol–water partition coefficient (Wildman–Crippen LogP) is 0.0819. The van der Waals surface area contributed by atoms with Crippen molar-refractivity contribution in [2.45, 2.75) is 19.3 Å². The average molecular weight is 294 g/mol. The molecule has 1 amide bonds. The highest BCUT2D eigenvalue weighted by Gasteiger charge is 2.58. The van der Waals surface area contributed by atoms with Gasteiger partial charge < -0.3 is 15.1 Å². The van der Waals surface area contributed by atoms with Gasteiger partial charge in [-0.3, -0.25) is 9.69 Å². The van der Waals surface area contributed by atoms with Gasteiger partial charge in [0.1, 0.15) is 0 Å². The highest BCUT2D eigenvalue weighted by molar-refractivity contribution is 5.82. The van der Waals surface area contributed by atoms with E-state index in [1.807, 2.05) is 0 Å². The summed E-state index contributed by atoms with van der Waals surface area (Å²) in [6, 6.07) is 0. The van der Waals surface area contributed by atoms with Crippen LogP contribution in [0.3, 0.4) is 0 Å². The van der Waals surface area contributed by atoms with Gasteiger partial charge in [-0.1, -0.05) is 0 Å². The lowest BCUT2D eigenvalue weighted by Crippen LogP contribution is -2.50. The molecule has 1 unspecified atom stereocenters. The molecule has 2 heterocycles. The van der Waals surface area contributed by atoms with Crippen molar-refractivity contribution in [1.29, 1.82) is 0 Å². The van der Waals surface area contributed by atoms with Crippen LogP contribution in [-0.4, -0.2) is 87.1 Å². The minimum absolute atomic E-state index is 0.341. The fourth-order valence-electron chi connectivity index (χ4n) is 3.93. The number of hydrogen-bond acceptors (Lipinski definition) is 4. The van der Waals surface area contributed by atoms with Crippen molar-refractivity contribution in [3.8, 4) is 0 Å². The number of nitrogens with zero attached hydrogens (tertiary/aromatic N) is 3. The minimum atomic E-state index is 0.341. The van der Waals surface area contributed by atoms with Crippen molar-refractivity contribution in [2.24, 2.45) is 11.3 Å². The van der Waals surface area contributed by atoms with E-state index in [-0.39, 0.29) is 0 Å². The summed E-state index contributed by atoms with van der Waals surface area (Å²) >= 11 is 0. The van der Waals surface area contributed by atoms with Gasteiger partial charge >= 0.3 is 0 Å². The van der Waals surface area contributed by atoms with Gasteiger partial charge in [-0.2, -0.15) is 0 Å². The monoisotopic (exact) mass is 294 g/mol. The van der Waals surface area contributed by atoms with E-state index >= 15 is 0 Å². The van der Waals surface area contributed by atoms with Crippen LogP contribution < -0.4 is 5.32 Å². The summed E-state index contributed by atoms with van der Waals surface area (Å²) in [5, 5.41) is 3.41. The molecule has 0 radical (unpaired) electrons. The van der Waals surface area contributed by atoms with Gasteiger partial charge in [-0.15, -0.1) is 0 Å². The lowest BCUT2D eigenvalue weighted by Gasteiger charge is -2.36. The van der Waals surface area contributed by atoms with Gasteiger partial charge in [0.25, 0.3) is 0 Å². The lowest BCUT2D eigenvalue weighted by atomic mass is 9.91. The van der Waals surface area contributed by atoms with Gasteiger partial charge in [0.05, 0.1) is 0 Å². The van der Waals surface area contributed by atoms with Crippen molar-refractivity contribution >= 4 is 5.91 Å². The molecule has 3 rings (SSSR count). The molecule has 1 saturated carbocycles. The maximum absolute atomic E-state index is 12.7. The fraction of sp³-hybridized carbons (Fsp3) is 0.938. The molecule has 5 heteroatoms. The summed E-state index contributed by atoms with van der Waals surface area (Å²) in [5.41, 5.74) is 0.379. The third-order valence-corrected chi connectivity index (χ3v) is 5.63. The van der Waals surface area contributed by atoms with Crippen LogP contribution in [0.4, 0.5) is 0 Å². The number of piperidine rings is 1. The first kappa shape index (κ1) is 15.3. The first-order valence-corrected chi connectivity index (χ1v) is 8.47. The van der Waals surface area contributed by atoms with Gasteiger partial charge in [-0.25, -0.2) is 0 Å². The van der Waals surface area contributed by atoms with Gasteiger partial charge in [0.15, 0.2) is 0 Å². The average Bonchev–Trinajstić information content (AvgIpc) is 3.19. The molecule has 1 aliphatic carbocycles. The lowest BCUT2D eigenvalue weighted by molar-refractivity contribution is -0.135. The second-order valence-corrected chi connectivity index (χ2v) is 7.34. The first-order valence-electron chi connectivity index (χ1n) is 8.47. The van der Waals surface area contributed by atoms with Crippen LogP contribution in [0.5, 0.6) is 0 Å². The van der Waals surface area contributed by atoms with E-state index in [0.29, 0.717) is 17.2 Å². The topological polar surface area (TPSA) is 38.8 Å². The van der Waals surface area contributed by atoms with Crippen LogP contribution in [0.2, 0.25) is 0 Å². The molecule has 3 fully saturated rings. The molecule has 0 aromatic carbocycles. The smallest absolute Gasteiger partial charge is 0.226 e. The molecule has 2 saturated heterocycles. The molecule has 1 spiro atoms. The molecular weight excluding hydrogens is 264 g/mol. The van der Waals surface area contributed by atoms with Gasteiger partial charge in [0.2, 0.25) is 5.91 Å². The number of nitrogens with one attached hydrogen (secondary N) is 1. The molecule has 1 atom stereocenters. The van der Waals surface area contributed by atoms with E-state index in [4.69, 9.17) is 0 Å².